The van der Waals surface area contributed by atoms with Crippen LogP contribution in [-0.2, 0) is 0 Å². The molecule has 0 N–H and O–H groups in total. The SMILES string of the molecule is C=CCC(=C(F)F)c1ccc(C)cc1. The van der Waals surface area contributed by atoms with E-state index in [1.54, 1.807) is 12.1 Å². The van der Waals surface area contributed by atoms with E-state index in [4.69, 9.17) is 0 Å². The standard InChI is InChI=1S/C12H12F2/c1-3-4-11(12(13)14)10-7-5-9(2)6-8-10/h3,5-8H,1,4H2,2H3. The Labute approximate surface area is 82.6 Å². The number of halogens is 2. The molecule has 1 aromatic rings. The van der Waals surface area contributed by atoms with Gasteiger partial charge in [-0.2, -0.15) is 8.78 Å². The molecule has 0 radical (unpaired) electrons. The van der Waals surface area contributed by atoms with Gasteiger partial charge in [0.1, 0.15) is 0 Å². The predicted octanol–water partition coefficient (Wildman–Crippen LogP) is 4.18. The van der Waals surface area contributed by atoms with E-state index >= 15 is 0 Å². The van der Waals surface area contributed by atoms with E-state index in [1.807, 2.05) is 19.1 Å². The Bertz CT molecular complexity index is 343. The summed E-state index contributed by atoms with van der Waals surface area (Å²) in [5.41, 5.74) is 1.68. The van der Waals surface area contributed by atoms with E-state index in [2.05, 4.69) is 6.58 Å². The average Bonchev–Trinajstić information content (AvgIpc) is 2.15. The first-order chi connectivity index (χ1) is 6.65. The van der Waals surface area contributed by atoms with E-state index < -0.39 is 6.08 Å². The lowest BCUT2D eigenvalue weighted by molar-refractivity contribution is 0.424. The van der Waals surface area contributed by atoms with Gasteiger partial charge in [0.05, 0.1) is 0 Å². The van der Waals surface area contributed by atoms with E-state index in [0.29, 0.717) is 5.56 Å². The van der Waals surface area contributed by atoms with Crippen LogP contribution >= 0.6 is 0 Å². The summed E-state index contributed by atoms with van der Waals surface area (Å²) in [6, 6.07) is 7.05. The second-order valence-electron chi connectivity index (χ2n) is 3.10. The molecule has 0 amide bonds. The normalized spacial score (nSPS) is 9.64. The summed E-state index contributed by atoms with van der Waals surface area (Å²) >= 11 is 0. The Morgan fingerprint density at radius 1 is 1.29 bits per heavy atom. The van der Waals surface area contributed by atoms with Gasteiger partial charge in [-0.15, -0.1) is 6.58 Å². The zero-order chi connectivity index (χ0) is 10.6. The van der Waals surface area contributed by atoms with Crippen molar-refractivity contribution in [3.05, 3.63) is 54.1 Å². The fourth-order valence-electron chi connectivity index (χ4n) is 1.20. The molecular weight excluding hydrogens is 182 g/mol. The van der Waals surface area contributed by atoms with E-state index in [1.165, 1.54) is 6.08 Å². The molecule has 0 aliphatic heterocycles. The lowest BCUT2D eigenvalue weighted by Gasteiger charge is -2.03. The molecule has 74 valence electrons. The van der Waals surface area contributed by atoms with Crippen LogP contribution < -0.4 is 0 Å². The summed E-state index contributed by atoms with van der Waals surface area (Å²) in [6.45, 7) is 5.38. The summed E-state index contributed by atoms with van der Waals surface area (Å²) in [7, 11) is 0. The topological polar surface area (TPSA) is 0 Å². The first-order valence-electron chi connectivity index (χ1n) is 4.37. The van der Waals surface area contributed by atoms with Crippen LogP contribution in [0.15, 0.2) is 43.0 Å². The lowest BCUT2D eigenvalue weighted by atomic mass is 10.0. The summed E-state index contributed by atoms with van der Waals surface area (Å²) in [6.07, 6.45) is 0.0495. The quantitative estimate of drug-likeness (QED) is 0.633. The molecule has 0 heterocycles. The molecule has 0 spiro atoms. The average molecular weight is 194 g/mol. The monoisotopic (exact) mass is 194 g/mol. The Morgan fingerprint density at radius 2 is 1.86 bits per heavy atom. The first-order valence-corrected chi connectivity index (χ1v) is 4.37. The molecule has 0 aliphatic carbocycles. The molecule has 0 saturated heterocycles. The van der Waals surface area contributed by atoms with Crippen molar-refractivity contribution in [2.75, 3.05) is 0 Å². The van der Waals surface area contributed by atoms with E-state index in [0.717, 1.165) is 5.56 Å². The molecule has 0 fully saturated rings. The molecule has 0 bridgehead atoms. The van der Waals surface area contributed by atoms with Crippen LogP contribution in [0.5, 0.6) is 0 Å². The van der Waals surface area contributed by atoms with Crippen LogP contribution in [0.2, 0.25) is 0 Å². The van der Waals surface area contributed by atoms with Crippen LogP contribution in [0.4, 0.5) is 8.78 Å². The molecule has 1 aromatic carbocycles. The van der Waals surface area contributed by atoms with Gasteiger partial charge in [0, 0.05) is 5.57 Å². The van der Waals surface area contributed by atoms with Crippen molar-refractivity contribution in [2.24, 2.45) is 0 Å². The second-order valence-corrected chi connectivity index (χ2v) is 3.10. The molecule has 0 aromatic heterocycles. The van der Waals surface area contributed by atoms with Gasteiger partial charge in [-0.05, 0) is 18.9 Å². The van der Waals surface area contributed by atoms with Gasteiger partial charge < -0.3 is 0 Å². The number of rotatable bonds is 3. The molecule has 0 unspecified atom stereocenters. The zero-order valence-electron chi connectivity index (χ0n) is 8.06. The highest BCUT2D eigenvalue weighted by atomic mass is 19.3. The third kappa shape index (κ3) is 2.52. The number of allylic oxidation sites excluding steroid dienone is 2. The third-order valence-electron chi connectivity index (χ3n) is 1.98. The van der Waals surface area contributed by atoms with Gasteiger partial charge in [-0.1, -0.05) is 35.9 Å². The van der Waals surface area contributed by atoms with Gasteiger partial charge in [0.2, 0.25) is 0 Å². The van der Waals surface area contributed by atoms with Crippen LogP contribution in [0.1, 0.15) is 17.5 Å². The molecular formula is C12H12F2. The predicted molar refractivity (Wildman–Crippen MR) is 55.1 cm³/mol. The molecule has 14 heavy (non-hydrogen) atoms. The Balaban J connectivity index is 3.07. The Kier molecular flexibility index (Phi) is 3.57. The minimum Gasteiger partial charge on any atom is -0.173 e. The van der Waals surface area contributed by atoms with Crippen molar-refractivity contribution in [3.8, 4) is 0 Å². The lowest BCUT2D eigenvalue weighted by Crippen LogP contribution is -1.85. The maximum absolute atomic E-state index is 12.5. The Morgan fingerprint density at radius 3 is 2.29 bits per heavy atom. The molecule has 2 heteroatoms. The van der Waals surface area contributed by atoms with E-state index in [9.17, 15) is 8.78 Å². The first kappa shape index (κ1) is 10.6. The highest BCUT2D eigenvalue weighted by Crippen LogP contribution is 2.24. The molecule has 0 aliphatic rings. The number of aryl methyl sites for hydroxylation is 1. The van der Waals surface area contributed by atoms with Crippen molar-refractivity contribution in [3.63, 3.8) is 0 Å². The third-order valence-corrected chi connectivity index (χ3v) is 1.98. The van der Waals surface area contributed by atoms with Crippen molar-refractivity contribution in [1.82, 2.24) is 0 Å². The van der Waals surface area contributed by atoms with Gasteiger partial charge in [-0.3, -0.25) is 0 Å². The molecule has 0 atom stereocenters. The van der Waals surface area contributed by atoms with Crippen molar-refractivity contribution < 1.29 is 8.78 Å². The molecule has 0 nitrogen and oxygen atoms in total. The largest absolute Gasteiger partial charge is 0.274 e. The maximum Gasteiger partial charge on any atom is 0.274 e. The molecule has 0 saturated carbocycles. The second kappa shape index (κ2) is 4.70. The summed E-state index contributed by atoms with van der Waals surface area (Å²) in [4.78, 5) is 0. The van der Waals surface area contributed by atoms with Crippen LogP contribution in [0.3, 0.4) is 0 Å². The molecule has 1 rings (SSSR count). The summed E-state index contributed by atoms with van der Waals surface area (Å²) < 4.78 is 25.0. The fourth-order valence-corrected chi connectivity index (χ4v) is 1.20. The smallest absolute Gasteiger partial charge is 0.173 e. The van der Waals surface area contributed by atoms with Gasteiger partial charge in [-0.25, -0.2) is 0 Å². The van der Waals surface area contributed by atoms with Gasteiger partial charge in [0.15, 0.2) is 0 Å². The van der Waals surface area contributed by atoms with Crippen molar-refractivity contribution in [2.45, 2.75) is 13.3 Å². The van der Waals surface area contributed by atoms with Gasteiger partial charge in [0.25, 0.3) is 6.08 Å². The fraction of sp³-hybridized carbons (Fsp3) is 0.167. The van der Waals surface area contributed by atoms with Crippen LogP contribution in [0, 0.1) is 6.92 Å². The number of benzene rings is 1. The number of hydrogen-bond acceptors (Lipinski definition) is 0. The highest BCUT2D eigenvalue weighted by Gasteiger charge is 2.06. The van der Waals surface area contributed by atoms with Gasteiger partial charge >= 0.3 is 0 Å². The highest BCUT2D eigenvalue weighted by molar-refractivity contribution is 5.67. The van der Waals surface area contributed by atoms with Crippen LogP contribution in [0.25, 0.3) is 5.57 Å². The minimum atomic E-state index is -1.63. The maximum atomic E-state index is 12.5. The zero-order valence-corrected chi connectivity index (χ0v) is 8.06. The Hall–Kier alpha value is -1.44. The van der Waals surface area contributed by atoms with E-state index in [-0.39, 0.29) is 12.0 Å². The van der Waals surface area contributed by atoms with Crippen molar-refractivity contribution >= 4 is 5.57 Å². The number of hydrogen-bond donors (Lipinski definition) is 0. The summed E-state index contributed by atoms with van der Waals surface area (Å²) in [5, 5.41) is 0. The summed E-state index contributed by atoms with van der Waals surface area (Å²) in [5.74, 6) is 0. The minimum absolute atomic E-state index is 0.0556. The van der Waals surface area contributed by atoms with Crippen molar-refractivity contribution in [1.29, 1.82) is 0 Å². The van der Waals surface area contributed by atoms with Crippen LogP contribution in [-0.4, -0.2) is 0 Å².